The fraction of sp³-hybridized carbons (Fsp3) is 0.375. The Morgan fingerprint density at radius 1 is 0.795 bits per heavy atom. The van der Waals surface area contributed by atoms with Crippen LogP contribution in [-0.2, 0) is 4.74 Å². The molecule has 3 aromatic rings. The van der Waals surface area contributed by atoms with Crippen LogP contribution in [-0.4, -0.2) is 56.8 Å². The van der Waals surface area contributed by atoms with Gasteiger partial charge < -0.3 is 23.8 Å². The Labute approximate surface area is 228 Å². The van der Waals surface area contributed by atoms with E-state index in [0.717, 1.165) is 12.8 Å². The van der Waals surface area contributed by atoms with Crippen molar-refractivity contribution in [2.45, 2.75) is 43.7 Å². The second-order valence-electron chi connectivity index (χ2n) is 10.5. The van der Waals surface area contributed by atoms with Crippen molar-refractivity contribution in [1.82, 2.24) is 4.90 Å². The van der Waals surface area contributed by atoms with Crippen LogP contribution >= 0.6 is 0 Å². The Hall–Kier alpha value is -4.00. The molecule has 2 heterocycles. The Bertz CT molecular complexity index is 1330. The lowest BCUT2D eigenvalue weighted by Gasteiger charge is -2.37. The molecule has 2 atom stereocenters. The number of amides is 1. The van der Waals surface area contributed by atoms with Crippen molar-refractivity contribution in [1.29, 1.82) is 0 Å². The van der Waals surface area contributed by atoms with Gasteiger partial charge in [-0.25, -0.2) is 4.79 Å². The number of rotatable bonds is 7. The summed E-state index contributed by atoms with van der Waals surface area (Å²) in [6.45, 7) is 0.302. The molecule has 0 radical (unpaired) electrons. The average Bonchev–Trinajstić information content (AvgIpc) is 3.44. The van der Waals surface area contributed by atoms with Crippen LogP contribution in [0.3, 0.4) is 0 Å². The number of fused-ring (bicyclic) bond motifs is 5. The van der Waals surface area contributed by atoms with Gasteiger partial charge in [0.1, 0.15) is 6.61 Å². The minimum atomic E-state index is -0.275. The maximum absolute atomic E-state index is 13.6. The molecule has 3 aromatic carbocycles. The van der Waals surface area contributed by atoms with Gasteiger partial charge in [0.15, 0.2) is 17.3 Å². The van der Waals surface area contributed by atoms with E-state index < -0.39 is 0 Å². The van der Waals surface area contributed by atoms with E-state index in [1.165, 1.54) is 22.3 Å². The zero-order valence-electron chi connectivity index (χ0n) is 22.5. The molecule has 0 aromatic heterocycles. The van der Waals surface area contributed by atoms with Gasteiger partial charge in [0.25, 0.3) is 0 Å². The highest BCUT2D eigenvalue weighted by Crippen LogP contribution is 2.46. The fourth-order valence-corrected chi connectivity index (χ4v) is 6.82. The minimum absolute atomic E-state index is 0.00427. The number of ether oxygens (including phenoxy) is 4. The van der Waals surface area contributed by atoms with Crippen molar-refractivity contribution in [2.24, 2.45) is 5.92 Å². The van der Waals surface area contributed by atoms with E-state index in [1.54, 1.807) is 33.5 Å². The molecular formula is C32H33NO6. The predicted molar refractivity (Wildman–Crippen MR) is 147 cm³/mol. The molecule has 0 N–H and O–H groups in total. The van der Waals surface area contributed by atoms with Gasteiger partial charge in [0, 0.05) is 29.5 Å². The second-order valence-corrected chi connectivity index (χ2v) is 10.5. The summed E-state index contributed by atoms with van der Waals surface area (Å²) in [5, 5.41) is 0. The van der Waals surface area contributed by atoms with Crippen molar-refractivity contribution in [3.8, 4) is 28.4 Å². The first-order chi connectivity index (χ1) is 19.0. The molecule has 6 rings (SSSR count). The van der Waals surface area contributed by atoms with Crippen LogP contribution in [0.4, 0.5) is 4.79 Å². The van der Waals surface area contributed by atoms with Crippen LogP contribution in [0.1, 0.15) is 53.1 Å². The predicted octanol–water partition coefficient (Wildman–Crippen LogP) is 6.09. The Balaban J connectivity index is 1.15. The van der Waals surface area contributed by atoms with E-state index in [2.05, 4.69) is 24.3 Å². The molecule has 2 bridgehead atoms. The number of hydrogen-bond acceptors (Lipinski definition) is 6. The molecule has 0 spiro atoms. The third kappa shape index (κ3) is 4.30. The smallest absolute Gasteiger partial charge is 0.410 e. The molecule has 2 fully saturated rings. The van der Waals surface area contributed by atoms with Crippen molar-refractivity contribution >= 4 is 11.9 Å². The number of nitrogens with zero attached hydrogens (tertiary/aromatic N) is 1. The zero-order valence-corrected chi connectivity index (χ0v) is 22.5. The van der Waals surface area contributed by atoms with E-state index >= 15 is 0 Å². The largest absolute Gasteiger partial charge is 0.493 e. The summed E-state index contributed by atoms with van der Waals surface area (Å²) in [5.74, 6) is 1.26. The van der Waals surface area contributed by atoms with Crippen molar-refractivity contribution in [3.63, 3.8) is 0 Å². The van der Waals surface area contributed by atoms with E-state index in [0.29, 0.717) is 42.3 Å². The normalized spacial score (nSPS) is 21.2. The zero-order chi connectivity index (χ0) is 27.1. The molecule has 1 aliphatic carbocycles. The van der Waals surface area contributed by atoms with Gasteiger partial charge in [-0.05, 0) is 60.1 Å². The van der Waals surface area contributed by atoms with E-state index in [-0.39, 0.29) is 35.8 Å². The van der Waals surface area contributed by atoms with E-state index in [1.807, 2.05) is 29.2 Å². The summed E-state index contributed by atoms with van der Waals surface area (Å²) in [4.78, 5) is 28.9. The number of carbonyl (C=O) groups is 2. The highest BCUT2D eigenvalue weighted by atomic mass is 16.6. The third-order valence-electron chi connectivity index (χ3n) is 8.60. The van der Waals surface area contributed by atoms with Crippen LogP contribution in [0.15, 0.2) is 60.7 Å². The molecular weight excluding hydrogens is 494 g/mol. The number of benzene rings is 3. The van der Waals surface area contributed by atoms with Crippen molar-refractivity contribution < 1.29 is 28.5 Å². The third-order valence-corrected chi connectivity index (χ3v) is 8.60. The quantitative estimate of drug-likeness (QED) is 0.346. The van der Waals surface area contributed by atoms with Crippen molar-refractivity contribution in [3.05, 3.63) is 77.4 Å². The lowest BCUT2D eigenvalue weighted by Crippen LogP contribution is -2.48. The highest BCUT2D eigenvalue weighted by Gasteiger charge is 2.46. The summed E-state index contributed by atoms with van der Waals surface area (Å²) >= 11 is 0. The van der Waals surface area contributed by atoms with Gasteiger partial charge in [-0.15, -0.1) is 0 Å². The number of carbonyl (C=O) groups excluding carboxylic acids is 2. The summed E-state index contributed by atoms with van der Waals surface area (Å²) in [6, 6.07) is 20.1. The molecule has 2 aliphatic heterocycles. The monoisotopic (exact) mass is 527 g/mol. The molecule has 39 heavy (non-hydrogen) atoms. The van der Waals surface area contributed by atoms with Crippen LogP contribution in [0.25, 0.3) is 11.1 Å². The maximum Gasteiger partial charge on any atom is 0.410 e. The molecule has 3 aliphatic rings. The Kier molecular flexibility index (Phi) is 6.67. The second kappa shape index (κ2) is 10.3. The Morgan fingerprint density at radius 3 is 1.85 bits per heavy atom. The van der Waals surface area contributed by atoms with Gasteiger partial charge in [0.05, 0.1) is 21.3 Å². The highest BCUT2D eigenvalue weighted by molar-refractivity contribution is 5.99. The summed E-state index contributed by atoms with van der Waals surface area (Å²) in [5.41, 5.74) is 5.34. The van der Waals surface area contributed by atoms with Gasteiger partial charge in [0.2, 0.25) is 5.75 Å². The summed E-state index contributed by atoms with van der Waals surface area (Å²) < 4.78 is 22.3. The lowest BCUT2D eigenvalue weighted by atomic mass is 9.84. The molecule has 0 saturated carbocycles. The number of methoxy groups -OCH3 is 3. The molecule has 202 valence electrons. The molecule has 7 nitrogen and oxygen atoms in total. The fourth-order valence-electron chi connectivity index (χ4n) is 6.82. The van der Waals surface area contributed by atoms with Crippen LogP contribution in [0, 0.1) is 5.92 Å². The molecule has 2 saturated heterocycles. The van der Waals surface area contributed by atoms with Crippen LogP contribution < -0.4 is 14.2 Å². The van der Waals surface area contributed by atoms with Crippen LogP contribution in [0.2, 0.25) is 0 Å². The van der Waals surface area contributed by atoms with E-state index in [9.17, 15) is 9.59 Å². The number of hydrogen-bond donors (Lipinski definition) is 0. The summed E-state index contributed by atoms with van der Waals surface area (Å²) in [6.07, 6.45) is 2.73. The number of ketones is 1. The maximum atomic E-state index is 13.6. The van der Waals surface area contributed by atoms with E-state index in [4.69, 9.17) is 18.9 Å². The SMILES string of the molecule is COc1cc(C(=O)C2CC3CCC(C2)N3C(=O)OCC2c3ccccc3-c3ccccc32)cc(OC)c1OC. The first-order valence-electron chi connectivity index (χ1n) is 13.5. The molecule has 2 unspecified atom stereocenters. The number of piperidine rings is 1. The van der Waals surface area contributed by atoms with Crippen molar-refractivity contribution in [2.75, 3.05) is 27.9 Å². The van der Waals surface area contributed by atoms with Gasteiger partial charge >= 0.3 is 6.09 Å². The van der Waals surface area contributed by atoms with Gasteiger partial charge in [-0.3, -0.25) is 4.79 Å². The summed E-state index contributed by atoms with van der Waals surface area (Å²) in [7, 11) is 4.62. The van der Waals surface area contributed by atoms with Gasteiger partial charge in [-0.1, -0.05) is 48.5 Å². The van der Waals surface area contributed by atoms with Gasteiger partial charge in [-0.2, -0.15) is 0 Å². The average molecular weight is 528 g/mol. The first-order valence-corrected chi connectivity index (χ1v) is 13.5. The number of Topliss-reactive ketones (excluding diaryl/α,β-unsaturated/α-hetero) is 1. The Morgan fingerprint density at radius 2 is 1.33 bits per heavy atom. The van der Waals surface area contributed by atoms with Crippen LogP contribution in [0.5, 0.6) is 17.2 Å². The lowest BCUT2D eigenvalue weighted by molar-refractivity contribution is 0.0506. The topological polar surface area (TPSA) is 74.3 Å². The molecule has 7 heteroatoms. The molecule has 1 amide bonds. The minimum Gasteiger partial charge on any atom is -0.493 e. The first kappa shape index (κ1) is 25.3. The standard InChI is InChI=1S/C32H33NO6/c1-36-28-16-20(17-29(37-2)31(28)38-3)30(34)19-14-21-12-13-22(15-19)33(21)32(35)39-18-27-25-10-6-4-8-23(25)24-9-5-7-11-26(24)27/h4-11,16-17,19,21-22,27H,12-15,18H2,1-3H3.